The number of halogens is 1. The molecule has 2 aromatic rings. The van der Waals surface area contributed by atoms with Crippen LogP contribution in [0.2, 0.25) is 0 Å². The van der Waals surface area contributed by atoms with E-state index in [0.717, 1.165) is 28.8 Å². The van der Waals surface area contributed by atoms with Gasteiger partial charge in [-0.1, -0.05) is 6.92 Å². The van der Waals surface area contributed by atoms with E-state index in [-0.39, 0.29) is 0 Å². The molecule has 5 nitrogen and oxygen atoms in total. The first-order chi connectivity index (χ1) is 8.15. The van der Waals surface area contributed by atoms with Gasteiger partial charge in [-0.3, -0.25) is 9.36 Å². The molecule has 17 heavy (non-hydrogen) atoms. The van der Waals surface area contributed by atoms with Crippen molar-refractivity contribution < 1.29 is 0 Å². The highest BCUT2D eigenvalue weighted by Gasteiger charge is 2.14. The summed E-state index contributed by atoms with van der Waals surface area (Å²) in [5, 5.41) is 8.74. The molecule has 0 fully saturated rings. The number of anilines is 1. The van der Waals surface area contributed by atoms with Crippen LogP contribution in [-0.4, -0.2) is 19.6 Å². The largest absolute Gasteiger partial charge is 0.396 e. The highest BCUT2D eigenvalue weighted by Crippen LogP contribution is 2.23. The van der Waals surface area contributed by atoms with Crippen molar-refractivity contribution in [2.45, 2.75) is 33.4 Å². The number of hydrogen-bond donors (Lipinski definition) is 1. The van der Waals surface area contributed by atoms with Gasteiger partial charge in [0.15, 0.2) is 0 Å². The molecule has 0 aliphatic carbocycles. The summed E-state index contributed by atoms with van der Waals surface area (Å²) in [6, 6.07) is 0. The second kappa shape index (κ2) is 4.91. The first-order valence-corrected chi connectivity index (χ1v) is 6.47. The molecule has 0 amide bonds. The SMILES string of the molecule is CCc1nn(CC)c(Cn2cc(N)cn2)c1Br. The van der Waals surface area contributed by atoms with Crippen LogP contribution in [0.5, 0.6) is 0 Å². The Labute approximate surface area is 109 Å². The molecule has 0 atom stereocenters. The lowest BCUT2D eigenvalue weighted by Crippen LogP contribution is -2.08. The topological polar surface area (TPSA) is 61.7 Å². The van der Waals surface area contributed by atoms with Crippen molar-refractivity contribution in [2.75, 3.05) is 5.73 Å². The van der Waals surface area contributed by atoms with E-state index >= 15 is 0 Å². The summed E-state index contributed by atoms with van der Waals surface area (Å²) in [4.78, 5) is 0. The van der Waals surface area contributed by atoms with Crippen LogP contribution in [-0.2, 0) is 19.5 Å². The summed E-state index contributed by atoms with van der Waals surface area (Å²) in [6.07, 6.45) is 4.40. The number of rotatable bonds is 4. The lowest BCUT2D eigenvalue weighted by atomic mass is 10.3. The van der Waals surface area contributed by atoms with Gasteiger partial charge in [0.1, 0.15) is 0 Å². The van der Waals surface area contributed by atoms with Crippen molar-refractivity contribution in [3.05, 3.63) is 28.3 Å². The normalized spacial score (nSPS) is 11.0. The van der Waals surface area contributed by atoms with Crippen LogP contribution in [0.4, 0.5) is 5.69 Å². The van der Waals surface area contributed by atoms with Crippen LogP contribution >= 0.6 is 15.9 Å². The maximum Gasteiger partial charge on any atom is 0.0840 e. The van der Waals surface area contributed by atoms with Crippen LogP contribution in [0.15, 0.2) is 16.9 Å². The first kappa shape index (κ1) is 12.2. The molecule has 0 spiro atoms. The molecular formula is C11H16BrN5. The van der Waals surface area contributed by atoms with Gasteiger partial charge in [-0.25, -0.2) is 0 Å². The van der Waals surface area contributed by atoms with Gasteiger partial charge in [-0.2, -0.15) is 10.2 Å². The average molecular weight is 298 g/mol. The minimum absolute atomic E-state index is 0.679. The minimum atomic E-state index is 0.679. The van der Waals surface area contributed by atoms with Crippen molar-refractivity contribution in [2.24, 2.45) is 0 Å². The number of aryl methyl sites for hydroxylation is 2. The standard InChI is InChI=1S/C11H16BrN5/c1-3-9-11(12)10(17(4-2)15-9)7-16-6-8(13)5-14-16/h5-6H,3-4,7,13H2,1-2H3. The van der Waals surface area contributed by atoms with Crippen molar-refractivity contribution >= 4 is 21.6 Å². The fourth-order valence-electron chi connectivity index (χ4n) is 1.79. The number of nitrogens with two attached hydrogens (primary N) is 1. The third kappa shape index (κ3) is 2.36. The Morgan fingerprint density at radius 1 is 1.41 bits per heavy atom. The zero-order valence-electron chi connectivity index (χ0n) is 10.0. The zero-order valence-corrected chi connectivity index (χ0v) is 11.6. The molecule has 6 heteroatoms. The van der Waals surface area contributed by atoms with Crippen molar-refractivity contribution in [3.8, 4) is 0 Å². The summed E-state index contributed by atoms with van der Waals surface area (Å²) in [7, 11) is 0. The third-order valence-electron chi connectivity index (χ3n) is 2.66. The Bertz CT molecular complexity index is 514. The van der Waals surface area contributed by atoms with E-state index < -0.39 is 0 Å². The number of aromatic nitrogens is 4. The summed E-state index contributed by atoms with van der Waals surface area (Å²) in [5.41, 5.74) is 8.55. The van der Waals surface area contributed by atoms with Crippen LogP contribution in [0.25, 0.3) is 0 Å². The maximum atomic E-state index is 5.65. The van der Waals surface area contributed by atoms with Crippen LogP contribution in [0.3, 0.4) is 0 Å². The Morgan fingerprint density at radius 2 is 2.18 bits per heavy atom. The molecule has 0 saturated heterocycles. The quantitative estimate of drug-likeness (QED) is 0.939. The molecule has 2 heterocycles. The summed E-state index contributed by atoms with van der Waals surface area (Å²) in [5.74, 6) is 0. The fourth-order valence-corrected chi connectivity index (χ4v) is 2.48. The molecule has 2 aromatic heterocycles. The van der Waals surface area contributed by atoms with Gasteiger partial charge in [0.05, 0.1) is 34.3 Å². The Morgan fingerprint density at radius 3 is 2.71 bits per heavy atom. The zero-order chi connectivity index (χ0) is 12.4. The monoisotopic (exact) mass is 297 g/mol. The van der Waals surface area contributed by atoms with E-state index in [1.807, 2.05) is 15.6 Å². The molecule has 0 unspecified atom stereocenters. The Kier molecular flexibility index (Phi) is 3.51. The second-order valence-electron chi connectivity index (χ2n) is 3.85. The van der Waals surface area contributed by atoms with Gasteiger partial charge in [-0.15, -0.1) is 0 Å². The van der Waals surface area contributed by atoms with Crippen LogP contribution in [0.1, 0.15) is 25.2 Å². The molecular weight excluding hydrogens is 282 g/mol. The van der Waals surface area contributed by atoms with Gasteiger partial charge in [-0.05, 0) is 29.3 Å². The summed E-state index contributed by atoms with van der Waals surface area (Å²) < 4.78 is 4.90. The lowest BCUT2D eigenvalue weighted by molar-refractivity contribution is 0.573. The van der Waals surface area contributed by atoms with Gasteiger partial charge >= 0.3 is 0 Å². The molecule has 0 aliphatic rings. The fraction of sp³-hybridized carbons (Fsp3) is 0.455. The van der Waals surface area contributed by atoms with Gasteiger partial charge in [0, 0.05) is 12.7 Å². The Balaban J connectivity index is 2.34. The van der Waals surface area contributed by atoms with Gasteiger partial charge in [0.2, 0.25) is 0 Å². The summed E-state index contributed by atoms with van der Waals surface area (Å²) >= 11 is 3.61. The molecule has 0 saturated carbocycles. The molecule has 0 radical (unpaired) electrons. The molecule has 2 N–H and O–H groups in total. The predicted molar refractivity (Wildman–Crippen MR) is 70.7 cm³/mol. The minimum Gasteiger partial charge on any atom is -0.396 e. The highest BCUT2D eigenvalue weighted by molar-refractivity contribution is 9.10. The molecule has 0 bridgehead atoms. The van der Waals surface area contributed by atoms with Crippen molar-refractivity contribution in [1.29, 1.82) is 0 Å². The van der Waals surface area contributed by atoms with E-state index in [9.17, 15) is 0 Å². The van der Waals surface area contributed by atoms with E-state index in [2.05, 4.69) is 40.0 Å². The smallest absolute Gasteiger partial charge is 0.0840 e. The Hall–Kier alpha value is -1.30. The number of hydrogen-bond acceptors (Lipinski definition) is 3. The van der Waals surface area contributed by atoms with E-state index in [0.29, 0.717) is 12.2 Å². The second-order valence-corrected chi connectivity index (χ2v) is 4.64. The van der Waals surface area contributed by atoms with E-state index in [1.54, 1.807) is 6.20 Å². The first-order valence-electron chi connectivity index (χ1n) is 5.67. The average Bonchev–Trinajstić information content (AvgIpc) is 2.85. The molecule has 92 valence electrons. The van der Waals surface area contributed by atoms with Crippen molar-refractivity contribution in [1.82, 2.24) is 19.6 Å². The third-order valence-corrected chi connectivity index (χ3v) is 3.57. The number of nitrogens with zero attached hydrogens (tertiary/aromatic N) is 4. The maximum absolute atomic E-state index is 5.65. The van der Waals surface area contributed by atoms with E-state index in [1.165, 1.54) is 0 Å². The summed E-state index contributed by atoms with van der Waals surface area (Å²) in [6.45, 7) is 5.71. The molecule has 2 rings (SSSR count). The van der Waals surface area contributed by atoms with Crippen molar-refractivity contribution in [3.63, 3.8) is 0 Å². The molecule has 0 aliphatic heterocycles. The van der Waals surface area contributed by atoms with Gasteiger partial charge in [0.25, 0.3) is 0 Å². The van der Waals surface area contributed by atoms with E-state index in [4.69, 9.17) is 5.73 Å². The van der Waals surface area contributed by atoms with Crippen LogP contribution < -0.4 is 5.73 Å². The lowest BCUT2D eigenvalue weighted by Gasteiger charge is -2.05. The number of nitrogen functional groups attached to an aromatic ring is 1. The molecule has 0 aromatic carbocycles. The predicted octanol–water partition coefficient (Wildman–Crippen LogP) is 2.05. The highest BCUT2D eigenvalue weighted by atomic mass is 79.9. The van der Waals surface area contributed by atoms with Gasteiger partial charge < -0.3 is 5.73 Å². The van der Waals surface area contributed by atoms with Crippen LogP contribution in [0, 0.1) is 0 Å².